The Kier molecular flexibility index (Phi) is 5.15. The molecule has 0 aliphatic rings. The van der Waals surface area contributed by atoms with Gasteiger partial charge in [0.05, 0.1) is 6.61 Å². The Morgan fingerprint density at radius 3 is 2.59 bits per heavy atom. The Morgan fingerprint density at radius 2 is 2.06 bits per heavy atom. The molecule has 0 saturated heterocycles. The monoisotopic (exact) mass is 238 g/mol. The molecule has 3 N–H and O–H groups in total. The van der Waals surface area contributed by atoms with Crippen LogP contribution in [0.5, 0.6) is 0 Å². The van der Waals surface area contributed by atoms with Gasteiger partial charge in [0.15, 0.2) is 0 Å². The minimum atomic E-state index is 0.113. The summed E-state index contributed by atoms with van der Waals surface area (Å²) < 4.78 is 0. The third kappa shape index (κ3) is 3.30. The van der Waals surface area contributed by atoms with Gasteiger partial charge in [-0.2, -0.15) is 0 Å². The molecule has 0 amide bonds. The number of aromatic nitrogens is 2. The molecular formula is C12H22N4O. The second kappa shape index (κ2) is 6.39. The first-order chi connectivity index (χ1) is 8.11. The van der Waals surface area contributed by atoms with Crippen LogP contribution in [0.2, 0.25) is 0 Å². The van der Waals surface area contributed by atoms with Crippen molar-refractivity contribution in [3.8, 4) is 0 Å². The van der Waals surface area contributed by atoms with Gasteiger partial charge >= 0.3 is 0 Å². The number of nitrogen functional groups attached to an aromatic ring is 1. The average Bonchev–Trinajstić information content (AvgIpc) is 2.28. The molecule has 1 heterocycles. The van der Waals surface area contributed by atoms with E-state index in [-0.39, 0.29) is 12.5 Å². The van der Waals surface area contributed by atoms with Crippen molar-refractivity contribution in [2.45, 2.75) is 33.1 Å². The maximum absolute atomic E-state index is 9.11. The van der Waals surface area contributed by atoms with E-state index < -0.39 is 0 Å². The van der Waals surface area contributed by atoms with Crippen molar-refractivity contribution in [3.63, 3.8) is 0 Å². The molecule has 0 spiro atoms. The van der Waals surface area contributed by atoms with Gasteiger partial charge in [-0.1, -0.05) is 20.8 Å². The highest BCUT2D eigenvalue weighted by atomic mass is 16.3. The van der Waals surface area contributed by atoms with Crippen molar-refractivity contribution < 1.29 is 5.11 Å². The minimum Gasteiger partial charge on any atom is -0.395 e. The number of hydrogen-bond donors (Lipinski definition) is 2. The highest BCUT2D eigenvalue weighted by Crippen LogP contribution is 2.28. The van der Waals surface area contributed by atoms with Crippen molar-refractivity contribution in [2.24, 2.45) is 0 Å². The molecule has 0 aliphatic carbocycles. The van der Waals surface area contributed by atoms with Gasteiger partial charge in [0.25, 0.3) is 0 Å². The van der Waals surface area contributed by atoms with E-state index in [4.69, 9.17) is 10.8 Å². The van der Waals surface area contributed by atoms with E-state index in [1.54, 1.807) is 0 Å². The molecule has 17 heavy (non-hydrogen) atoms. The van der Waals surface area contributed by atoms with Crippen LogP contribution in [0.4, 0.5) is 11.6 Å². The van der Waals surface area contributed by atoms with Gasteiger partial charge in [-0.25, -0.2) is 9.97 Å². The Balaban J connectivity index is 3.12. The lowest BCUT2D eigenvalue weighted by Gasteiger charge is -2.26. The summed E-state index contributed by atoms with van der Waals surface area (Å²) in [4.78, 5) is 10.4. The number of rotatable bonds is 6. The topological polar surface area (TPSA) is 75.3 Å². The zero-order valence-electron chi connectivity index (χ0n) is 10.8. The molecule has 5 heteroatoms. The van der Waals surface area contributed by atoms with Crippen LogP contribution in [0.3, 0.4) is 0 Å². The number of nitrogens with zero attached hydrogens (tertiary/aromatic N) is 3. The van der Waals surface area contributed by atoms with Crippen LogP contribution in [0.25, 0.3) is 0 Å². The molecular weight excluding hydrogens is 216 g/mol. The maximum Gasteiger partial charge on any atom is 0.137 e. The van der Waals surface area contributed by atoms with Crippen LogP contribution >= 0.6 is 0 Å². The summed E-state index contributed by atoms with van der Waals surface area (Å²) >= 11 is 0. The molecule has 5 nitrogen and oxygen atoms in total. The van der Waals surface area contributed by atoms with E-state index in [1.165, 1.54) is 6.33 Å². The van der Waals surface area contributed by atoms with Crippen molar-refractivity contribution in [2.75, 3.05) is 30.3 Å². The van der Waals surface area contributed by atoms with E-state index in [0.717, 1.165) is 24.3 Å². The molecule has 0 unspecified atom stereocenters. The molecule has 0 fully saturated rings. The number of hydrogen-bond acceptors (Lipinski definition) is 5. The van der Waals surface area contributed by atoms with E-state index in [2.05, 4.69) is 35.6 Å². The molecule has 1 aromatic heterocycles. The SMILES string of the molecule is CCCN(CCO)c1ncnc(N)c1C(C)C. The van der Waals surface area contributed by atoms with Crippen molar-refractivity contribution in [1.82, 2.24) is 9.97 Å². The van der Waals surface area contributed by atoms with Crippen molar-refractivity contribution in [3.05, 3.63) is 11.9 Å². The fourth-order valence-corrected chi connectivity index (χ4v) is 1.92. The zero-order chi connectivity index (χ0) is 12.8. The Labute approximate surface area is 103 Å². The normalized spacial score (nSPS) is 10.9. The number of nitrogens with two attached hydrogens (primary N) is 1. The third-order valence-corrected chi connectivity index (χ3v) is 2.63. The quantitative estimate of drug-likeness (QED) is 0.783. The summed E-state index contributed by atoms with van der Waals surface area (Å²) in [6.45, 7) is 7.79. The van der Waals surface area contributed by atoms with Gasteiger partial charge in [-0.05, 0) is 12.3 Å². The summed E-state index contributed by atoms with van der Waals surface area (Å²) in [6.07, 6.45) is 2.48. The zero-order valence-corrected chi connectivity index (χ0v) is 10.8. The van der Waals surface area contributed by atoms with Crippen LogP contribution < -0.4 is 10.6 Å². The van der Waals surface area contributed by atoms with E-state index in [0.29, 0.717) is 12.4 Å². The summed E-state index contributed by atoms with van der Waals surface area (Å²) in [5, 5.41) is 9.11. The van der Waals surface area contributed by atoms with Gasteiger partial charge in [0.2, 0.25) is 0 Å². The summed E-state index contributed by atoms with van der Waals surface area (Å²) in [5.74, 6) is 1.65. The fraction of sp³-hybridized carbons (Fsp3) is 0.667. The van der Waals surface area contributed by atoms with E-state index >= 15 is 0 Å². The molecule has 0 radical (unpaired) electrons. The summed E-state index contributed by atoms with van der Waals surface area (Å²) in [6, 6.07) is 0. The van der Waals surface area contributed by atoms with Gasteiger partial charge in [-0.15, -0.1) is 0 Å². The lowest BCUT2D eigenvalue weighted by molar-refractivity contribution is 0.301. The highest BCUT2D eigenvalue weighted by Gasteiger charge is 2.17. The third-order valence-electron chi connectivity index (χ3n) is 2.63. The van der Waals surface area contributed by atoms with Crippen LogP contribution in [-0.2, 0) is 0 Å². The number of aliphatic hydroxyl groups is 1. The molecule has 0 atom stereocenters. The first-order valence-electron chi connectivity index (χ1n) is 6.08. The highest BCUT2D eigenvalue weighted by molar-refractivity contribution is 5.58. The predicted molar refractivity (Wildman–Crippen MR) is 70.1 cm³/mol. The summed E-state index contributed by atoms with van der Waals surface area (Å²) in [7, 11) is 0. The van der Waals surface area contributed by atoms with Crippen LogP contribution in [0.1, 0.15) is 38.7 Å². The number of aliphatic hydroxyl groups excluding tert-OH is 1. The second-order valence-electron chi connectivity index (χ2n) is 4.36. The van der Waals surface area contributed by atoms with Gasteiger partial charge in [0.1, 0.15) is 18.0 Å². The average molecular weight is 238 g/mol. The predicted octanol–water partition coefficient (Wildman–Crippen LogP) is 1.39. The lowest BCUT2D eigenvalue weighted by Crippen LogP contribution is -2.30. The molecule has 0 bridgehead atoms. The lowest BCUT2D eigenvalue weighted by atomic mass is 10.0. The molecule has 1 aromatic rings. The second-order valence-corrected chi connectivity index (χ2v) is 4.36. The molecule has 0 saturated carbocycles. The maximum atomic E-state index is 9.11. The molecule has 0 aromatic carbocycles. The first kappa shape index (κ1) is 13.7. The number of anilines is 2. The minimum absolute atomic E-state index is 0.113. The fourth-order valence-electron chi connectivity index (χ4n) is 1.92. The van der Waals surface area contributed by atoms with Gasteiger partial charge in [0, 0.05) is 18.7 Å². The molecule has 96 valence electrons. The summed E-state index contributed by atoms with van der Waals surface area (Å²) in [5.41, 5.74) is 6.88. The smallest absolute Gasteiger partial charge is 0.137 e. The van der Waals surface area contributed by atoms with Gasteiger partial charge < -0.3 is 15.7 Å². The Hall–Kier alpha value is -1.36. The van der Waals surface area contributed by atoms with Crippen molar-refractivity contribution in [1.29, 1.82) is 0 Å². The van der Waals surface area contributed by atoms with E-state index in [9.17, 15) is 0 Å². The standard InChI is InChI=1S/C12H22N4O/c1-4-5-16(6-7-17)12-10(9(2)3)11(13)14-8-15-12/h8-9,17H,4-7H2,1-3H3,(H2,13,14,15). The van der Waals surface area contributed by atoms with Crippen LogP contribution in [0, 0.1) is 0 Å². The Bertz CT molecular complexity index is 348. The Morgan fingerprint density at radius 1 is 1.35 bits per heavy atom. The molecule has 0 aliphatic heterocycles. The van der Waals surface area contributed by atoms with Crippen molar-refractivity contribution >= 4 is 11.6 Å². The first-order valence-corrected chi connectivity index (χ1v) is 6.08. The van der Waals surface area contributed by atoms with Gasteiger partial charge in [-0.3, -0.25) is 0 Å². The molecule has 1 rings (SSSR count). The van der Waals surface area contributed by atoms with E-state index in [1.807, 2.05) is 0 Å². The van der Waals surface area contributed by atoms with Crippen LogP contribution in [-0.4, -0.2) is 34.8 Å². The largest absolute Gasteiger partial charge is 0.395 e. The van der Waals surface area contributed by atoms with Crippen LogP contribution in [0.15, 0.2) is 6.33 Å².